The van der Waals surface area contributed by atoms with Gasteiger partial charge in [-0.1, -0.05) is 6.92 Å². The highest BCUT2D eigenvalue weighted by Gasteiger charge is 2.13. The highest BCUT2D eigenvalue weighted by Crippen LogP contribution is 2.20. The van der Waals surface area contributed by atoms with Gasteiger partial charge in [0.1, 0.15) is 5.82 Å². The van der Waals surface area contributed by atoms with Crippen molar-refractivity contribution in [2.45, 2.75) is 19.8 Å². The lowest BCUT2D eigenvalue weighted by molar-refractivity contribution is -0.138. The van der Waals surface area contributed by atoms with Crippen LogP contribution >= 0.6 is 22.6 Å². The predicted molar refractivity (Wildman–Crippen MR) is 73.8 cm³/mol. The Hall–Kier alpha value is -1.18. The Bertz CT molecular complexity index is 465. The molecule has 1 amide bonds. The van der Waals surface area contributed by atoms with E-state index >= 15 is 0 Å². The van der Waals surface area contributed by atoms with E-state index in [4.69, 9.17) is 5.11 Å². The number of hydrogen-bond donors (Lipinski definition) is 2. The Morgan fingerprint density at radius 2 is 2.11 bits per heavy atom. The molecule has 0 saturated heterocycles. The van der Waals surface area contributed by atoms with E-state index in [0.717, 1.165) is 0 Å². The van der Waals surface area contributed by atoms with Gasteiger partial charge >= 0.3 is 5.97 Å². The monoisotopic (exact) mass is 365 g/mol. The summed E-state index contributed by atoms with van der Waals surface area (Å²) < 4.78 is 13.5. The second-order valence-electron chi connectivity index (χ2n) is 4.08. The molecule has 0 aromatic heterocycles. The first kappa shape index (κ1) is 14.9. The van der Waals surface area contributed by atoms with Gasteiger partial charge < -0.3 is 10.4 Å². The predicted octanol–water partition coefficient (Wildman–Crippen LogP) is 2.87. The summed E-state index contributed by atoms with van der Waals surface area (Å²) in [5, 5.41) is 11.2. The lowest BCUT2D eigenvalue weighted by Crippen LogP contribution is -2.17. The lowest BCUT2D eigenvalue weighted by atomic mass is 10.0. The summed E-state index contributed by atoms with van der Waals surface area (Å²) in [5.41, 5.74) is 0.532. The number of carbonyl (C=O) groups is 2. The van der Waals surface area contributed by atoms with Gasteiger partial charge in [-0.25, -0.2) is 4.39 Å². The average Bonchev–Trinajstić information content (AvgIpc) is 2.20. The van der Waals surface area contributed by atoms with Crippen LogP contribution in [-0.4, -0.2) is 17.0 Å². The molecule has 0 radical (unpaired) electrons. The first-order valence-corrected chi connectivity index (χ1v) is 6.43. The van der Waals surface area contributed by atoms with Crippen LogP contribution in [0.3, 0.4) is 0 Å². The summed E-state index contributed by atoms with van der Waals surface area (Å²) in [5.74, 6) is -1.79. The van der Waals surface area contributed by atoms with Crippen molar-refractivity contribution in [2.24, 2.45) is 5.92 Å². The zero-order valence-electron chi connectivity index (χ0n) is 9.74. The maximum absolute atomic E-state index is 12.9. The molecule has 1 aromatic carbocycles. The van der Waals surface area contributed by atoms with Crippen molar-refractivity contribution < 1.29 is 19.1 Å². The fraction of sp³-hybridized carbons (Fsp3) is 0.333. The highest BCUT2D eigenvalue weighted by molar-refractivity contribution is 14.1. The summed E-state index contributed by atoms with van der Waals surface area (Å²) in [6.07, 6.45) is 0.0771. The van der Waals surface area contributed by atoms with Crippen molar-refractivity contribution in [3.63, 3.8) is 0 Å². The van der Waals surface area contributed by atoms with Crippen LogP contribution in [-0.2, 0) is 9.59 Å². The smallest absolute Gasteiger partial charge is 0.303 e. The highest BCUT2D eigenvalue weighted by atomic mass is 127. The zero-order valence-corrected chi connectivity index (χ0v) is 11.9. The van der Waals surface area contributed by atoms with Crippen molar-refractivity contribution >= 4 is 40.2 Å². The number of carboxylic acid groups (broad SMARTS) is 1. The van der Waals surface area contributed by atoms with Crippen molar-refractivity contribution in [1.82, 2.24) is 0 Å². The fourth-order valence-corrected chi connectivity index (χ4v) is 2.09. The average molecular weight is 365 g/mol. The van der Waals surface area contributed by atoms with Gasteiger partial charge in [0.15, 0.2) is 0 Å². The number of rotatable bonds is 5. The Morgan fingerprint density at radius 3 is 2.67 bits per heavy atom. The summed E-state index contributed by atoms with van der Waals surface area (Å²) in [6, 6.07) is 4.06. The summed E-state index contributed by atoms with van der Waals surface area (Å²) in [4.78, 5) is 22.1. The molecule has 0 heterocycles. The van der Waals surface area contributed by atoms with Crippen LogP contribution in [0.1, 0.15) is 19.8 Å². The number of anilines is 1. The van der Waals surface area contributed by atoms with E-state index in [1.165, 1.54) is 18.2 Å². The molecule has 0 aliphatic carbocycles. The summed E-state index contributed by atoms with van der Waals surface area (Å²) in [6.45, 7) is 1.70. The Morgan fingerprint density at radius 1 is 1.44 bits per heavy atom. The molecule has 1 unspecified atom stereocenters. The van der Waals surface area contributed by atoms with Gasteiger partial charge in [-0.15, -0.1) is 0 Å². The third kappa shape index (κ3) is 4.99. The molecule has 18 heavy (non-hydrogen) atoms. The van der Waals surface area contributed by atoms with E-state index in [-0.39, 0.29) is 30.5 Å². The standard InChI is InChI=1S/C12H13FINO3/c1-7(5-12(17)18)4-11(16)15-10-3-2-8(13)6-9(10)14/h2-3,6-7H,4-5H2,1H3,(H,15,16)(H,17,18). The molecule has 0 bridgehead atoms. The SMILES string of the molecule is CC(CC(=O)O)CC(=O)Nc1ccc(F)cc1I. The third-order valence-corrected chi connectivity index (χ3v) is 3.15. The topological polar surface area (TPSA) is 66.4 Å². The van der Waals surface area contributed by atoms with Crippen LogP contribution in [0.4, 0.5) is 10.1 Å². The number of benzene rings is 1. The minimum absolute atomic E-state index is 0.0477. The van der Waals surface area contributed by atoms with Crippen molar-refractivity contribution in [2.75, 3.05) is 5.32 Å². The fourth-order valence-electron chi connectivity index (χ4n) is 1.48. The van der Waals surface area contributed by atoms with E-state index in [2.05, 4.69) is 5.32 Å². The number of nitrogens with one attached hydrogen (secondary N) is 1. The first-order chi connectivity index (χ1) is 8.38. The molecule has 1 rings (SSSR count). The molecule has 98 valence electrons. The van der Waals surface area contributed by atoms with Gasteiger partial charge in [-0.3, -0.25) is 9.59 Å². The minimum atomic E-state index is -0.924. The molecule has 0 aliphatic heterocycles. The van der Waals surface area contributed by atoms with Crippen molar-refractivity contribution in [1.29, 1.82) is 0 Å². The molecule has 4 nitrogen and oxygen atoms in total. The zero-order chi connectivity index (χ0) is 13.7. The molecule has 1 atom stereocenters. The number of halogens is 2. The van der Waals surface area contributed by atoms with Crippen molar-refractivity contribution in [3.8, 4) is 0 Å². The number of aliphatic carboxylic acids is 1. The van der Waals surface area contributed by atoms with E-state index < -0.39 is 5.97 Å². The van der Waals surface area contributed by atoms with E-state index in [1.54, 1.807) is 6.92 Å². The lowest BCUT2D eigenvalue weighted by Gasteiger charge is -2.10. The largest absolute Gasteiger partial charge is 0.481 e. The normalized spacial score (nSPS) is 11.9. The first-order valence-electron chi connectivity index (χ1n) is 5.35. The van der Waals surface area contributed by atoms with Gasteiger partial charge in [0.25, 0.3) is 0 Å². The Balaban J connectivity index is 2.56. The number of hydrogen-bond acceptors (Lipinski definition) is 2. The Labute approximate surface area is 118 Å². The molecular formula is C12H13FINO3. The second-order valence-corrected chi connectivity index (χ2v) is 5.24. The molecule has 0 aliphatic rings. The van der Waals surface area contributed by atoms with Gasteiger partial charge in [-0.05, 0) is 46.7 Å². The van der Waals surface area contributed by atoms with Gasteiger partial charge in [-0.2, -0.15) is 0 Å². The van der Waals surface area contributed by atoms with Crippen LogP contribution in [0.25, 0.3) is 0 Å². The van der Waals surface area contributed by atoms with Crippen LogP contribution in [0.2, 0.25) is 0 Å². The molecule has 6 heteroatoms. The quantitative estimate of drug-likeness (QED) is 0.789. The van der Waals surface area contributed by atoms with Crippen molar-refractivity contribution in [3.05, 3.63) is 27.6 Å². The molecule has 0 saturated carbocycles. The van der Waals surface area contributed by atoms with Gasteiger partial charge in [0, 0.05) is 16.4 Å². The van der Waals surface area contributed by atoms with Gasteiger partial charge in [0.2, 0.25) is 5.91 Å². The van der Waals surface area contributed by atoms with Crippen LogP contribution in [0.15, 0.2) is 18.2 Å². The molecule has 2 N–H and O–H groups in total. The second kappa shape index (κ2) is 6.67. The summed E-state index contributed by atoms with van der Waals surface area (Å²) in [7, 11) is 0. The molecule has 0 fully saturated rings. The maximum atomic E-state index is 12.9. The number of carboxylic acids is 1. The Kier molecular flexibility index (Phi) is 5.52. The van der Waals surface area contributed by atoms with Gasteiger partial charge in [0.05, 0.1) is 5.69 Å². The minimum Gasteiger partial charge on any atom is -0.481 e. The number of amides is 1. The van der Waals surface area contributed by atoms with Crippen LogP contribution in [0.5, 0.6) is 0 Å². The molecular weight excluding hydrogens is 352 g/mol. The molecule has 1 aromatic rings. The van der Waals surface area contributed by atoms with E-state index in [9.17, 15) is 14.0 Å². The van der Waals surface area contributed by atoms with E-state index in [1.807, 2.05) is 22.6 Å². The van der Waals surface area contributed by atoms with Crippen LogP contribution in [0, 0.1) is 15.3 Å². The summed E-state index contributed by atoms with van der Waals surface area (Å²) >= 11 is 1.92. The third-order valence-electron chi connectivity index (χ3n) is 2.26. The van der Waals surface area contributed by atoms with E-state index in [0.29, 0.717) is 9.26 Å². The maximum Gasteiger partial charge on any atom is 0.303 e. The van der Waals surface area contributed by atoms with Crippen LogP contribution < -0.4 is 5.32 Å². The molecule has 0 spiro atoms. The number of carbonyl (C=O) groups excluding carboxylic acids is 1.